The summed E-state index contributed by atoms with van der Waals surface area (Å²) in [7, 11) is -3.88. The summed E-state index contributed by atoms with van der Waals surface area (Å²) in [4.78, 5) is 28.7. The number of anilines is 1. The summed E-state index contributed by atoms with van der Waals surface area (Å²) in [6.45, 7) is 5.56. The lowest BCUT2D eigenvalue weighted by Crippen LogP contribution is -2.49. The predicted octanol–water partition coefficient (Wildman–Crippen LogP) is 2.60. The molecular weight excluding hydrogens is 496 g/mol. The van der Waals surface area contributed by atoms with Crippen molar-refractivity contribution in [3.8, 4) is 5.75 Å². The second-order valence-corrected chi connectivity index (χ2v) is 11.3. The Hall–Kier alpha value is -3.70. The number of piperazine rings is 1. The van der Waals surface area contributed by atoms with Crippen LogP contribution in [0.25, 0.3) is 0 Å². The van der Waals surface area contributed by atoms with Crippen molar-refractivity contribution < 1.29 is 27.6 Å². The van der Waals surface area contributed by atoms with Crippen molar-refractivity contribution >= 4 is 27.4 Å². The summed E-state index contributed by atoms with van der Waals surface area (Å²) >= 11 is 0. The fourth-order valence-electron chi connectivity index (χ4n) is 4.68. The van der Waals surface area contributed by atoms with Gasteiger partial charge in [0.1, 0.15) is 11.5 Å². The van der Waals surface area contributed by atoms with Gasteiger partial charge in [-0.15, -0.1) is 0 Å². The van der Waals surface area contributed by atoms with Crippen molar-refractivity contribution in [2.45, 2.75) is 31.7 Å². The van der Waals surface area contributed by atoms with Gasteiger partial charge in [-0.25, -0.2) is 8.42 Å². The highest BCUT2D eigenvalue weighted by Crippen LogP contribution is 2.30. The van der Waals surface area contributed by atoms with Gasteiger partial charge in [-0.2, -0.15) is 4.31 Å². The molecule has 3 heterocycles. The van der Waals surface area contributed by atoms with Crippen LogP contribution in [-0.4, -0.2) is 72.3 Å². The molecule has 1 amide bonds. The topological polar surface area (TPSA) is 124 Å². The maximum absolute atomic E-state index is 13.4. The smallest absolute Gasteiger partial charge is 0.276 e. The van der Waals surface area contributed by atoms with Crippen LogP contribution < -0.4 is 4.90 Å². The van der Waals surface area contributed by atoms with E-state index in [0.29, 0.717) is 55.1 Å². The molecule has 194 valence electrons. The van der Waals surface area contributed by atoms with E-state index in [1.54, 1.807) is 30.0 Å². The van der Waals surface area contributed by atoms with Gasteiger partial charge >= 0.3 is 0 Å². The van der Waals surface area contributed by atoms with Crippen molar-refractivity contribution in [3.05, 3.63) is 70.6 Å². The number of fused-ring (bicyclic) bond motifs is 1. The van der Waals surface area contributed by atoms with Crippen LogP contribution in [0.2, 0.25) is 0 Å². The number of aromatic nitrogens is 1. The van der Waals surface area contributed by atoms with Gasteiger partial charge in [-0.1, -0.05) is 11.2 Å². The first kappa shape index (κ1) is 25.0. The van der Waals surface area contributed by atoms with Crippen molar-refractivity contribution in [3.63, 3.8) is 0 Å². The van der Waals surface area contributed by atoms with E-state index >= 15 is 0 Å². The van der Waals surface area contributed by atoms with Crippen molar-refractivity contribution in [2.24, 2.45) is 0 Å². The predicted molar refractivity (Wildman–Crippen MR) is 135 cm³/mol. The van der Waals surface area contributed by atoms with E-state index < -0.39 is 10.0 Å². The van der Waals surface area contributed by atoms with E-state index in [2.05, 4.69) is 10.1 Å². The number of amides is 1. The summed E-state index contributed by atoms with van der Waals surface area (Å²) in [5.41, 5.74) is 2.85. The summed E-state index contributed by atoms with van der Waals surface area (Å²) < 4.78 is 33.2. The Balaban J connectivity index is 1.28. The third kappa shape index (κ3) is 4.72. The lowest BCUT2D eigenvalue weighted by Gasteiger charge is -2.36. The van der Waals surface area contributed by atoms with Gasteiger partial charge in [0, 0.05) is 68.6 Å². The molecule has 37 heavy (non-hydrogen) atoms. The maximum atomic E-state index is 13.4. The van der Waals surface area contributed by atoms with Gasteiger partial charge in [0.05, 0.1) is 4.90 Å². The second-order valence-electron chi connectivity index (χ2n) is 9.35. The summed E-state index contributed by atoms with van der Waals surface area (Å²) in [6, 6.07) is 11.7. The lowest BCUT2D eigenvalue weighted by atomic mass is 10.1. The maximum Gasteiger partial charge on any atom is 0.276 e. The molecule has 11 heteroatoms. The zero-order chi connectivity index (χ0) is 26.3. The number of rotatable bonds is 5. The Labute approximate surface area is 215 Å². The molecule has 2 aliphatic rings. The normalized spacial score (nSPS) is 16.5. The number of phenols is 1. The number of aromatic hydroxyl groups is 1. The van der Waals surface area contributed by atoms with E-state index in [1.165, 1.54) is 23.4 Å². The molecule has 1 aromatic heterocycles. The van der Waals surface area contributed by atoms with Crippen LogP contribution in [0, 0.1) is 6.92 Å². The van der Waals surface area contributed by atoms with Crippen LogP contribution in [-0.2, 0) is 23.0 Å². The average Bonchev–Trinajstić information content (AvgIpc) is 3.33. The summed E-state index contributed by atoms with van der Waals surface area (Å²) in [5, 5.41) is 14.0. The lowest BCUT2D eigenvalue weighted by molar-refractivity contribution is 0.0734. The minimum absolute atomic E-state index is 0.00385. The molecule has 1 N–H and O–H groups in total. The molecule has 0 atom stereocenters. The van der Waals surface area contributed by atoms with Crippen molar-refractivity contribution in [1.82, 2.24) is 14.4 Å². The number of Topliss-reactive ketones (excluding diaryl/α,β-unsaturated/α-hetero) is 1. The Morgan fingerprint density at radius 2 is 1.70 bits per heavy atom. The standard InChI is InChI=1S/C26H28N4O6S/c1-17-3-8-21(15-23(17)32)37(34,35)30-10-9-24-22(16-30)25(27-36-24)26(33)29-13-11-28(12-14-29)20-6-4-19(5-7-20)18(2)31/h3-8,15,32H,9-14,16H2,1-2H3. The number of phenolic OH excluding ortho intramolecular Hbond substituents is 1. The van der Waals surface area contributed by atoms with Gasteiger partial charge in [0.2, 0.25) is 10.0 Å². The first-order valence-electron chi connectivity index (χ1n) is 12.1. The first-order chi connectivity index (χ1) is 17.6. The molecule has 5 rings (SSSR count). The van der Waals surface area contributed by atoms with Gasteiger partial charge in [0.25, 0.3) is 5.91 Å². The molecule has 0 spiro atoms. The quantitative estimate of drug-likeness (QED) is 0.505. The monoisotopic (exact) mass is 524 g/mol. The third-order valence-corrected chi connectivity index (χ3v) is 8.86. The van der Waals surface area contributed by atoms with E-state index in [-0.39, 0.29) is 41.1 Å². The Morgan fingerprint density at radius 1 is 1.00 bits per heavy atom. The van der Waals surface area contributed by atoms with Crippen LogP contribution in [0.5, 0.6) is 5.75 Å². The minimum atomic E-state index is -3.88. The summed E-state index contributed by atoms with van der Waals surface area (Å²) in [5.74, 6) is 0.157. The number of hydrogen-bond acceptors (Lipinski definition) is 8. The number of aryl methyl sites for hydroxylation is 1. The van der Waals surface area contributed by atoms with Crippen molar-refractivity contribution in [2.75, 3.05) is 37.6 Å². The highest BCUT2D eigenvalue weighted by Gasteiger charge is 2.36. The van der Waals surface area contributed by atoms with E-state index in [9.17, 15) is 23.1 Å². The third-order valence-electron chi connectivity index (χ3n) is 7.02. The number of ketones is 1. The number of benzene rings is 2. The molecule has 10 nitrogen and oxygen atoms in total. The molecule has 1 saturated heterocycles. The Morgan fingerprint density at radius 3 is 2.35 bits per heavy atom. The van der Waals surface area contributed by atoms with Crippen LogP contribution in [0.1, 0.15) is 44.7 Å². The molecular formula is C26H28N4O6S. The van der Waals surface area contributed by atoms with Gasteiger partial charge in [-0.3, -0.25) is 9.59 Å². The number of hydrogen-bond donors (Lipinski definition) is 1. The van der Waals surface area contributed by atoms with Gasteiger partial charge in [-0.05, 0) is 49.7 Å². The van der Waals surface area contributed by atoms with Crippen LogP contribution in [0.3, 0.4) is 0 Å². The minimum Gasteiger partial charge on any atom is -0.508 e. The van der Waals surface area contributed by atoms with E-state index in [0.717, 1.165) is 5.69 Å². The van der Waals surface area contributed by atoms with Crippen LogP contribution in [0.15, 0.2) is 51.9 Å². The molecule has 1 fully saturated rings. The highest BCUT2D eigenvalue weighted by atomic mass is 32.2. The zero-order valence-electron chi connectivity index (χ0n) is 20.7. The molecule has 0 radical (unpaired) electrons. The zero-order valence-corrected chi connectivity index (χ0v) is 21.5. The SMILES string of the molecule is CC(=O)c1ccc(N2CCN(C(=O)c3noc4c3CN(S(=O)(=O)c3ccc(C)c(O)c3)CC4)CC2)cc1. The fraction of sp³-hybridized carbons (Fsp3) is 0.346. The van der Waals surface area contributed by atoms with Crippen LogP contribution >= 0.6 is 0 Å². The fourth-order valence-corrected chi connectivity index (χ4v) is 6.11. The Kier molecular flexibility index (Phi) is 6.50. The molecule has 2 aromatic carbocycles. The number of carbonyl (C=O) groups is 2. The largest absolute Gasteiger partial charge is 0.508 e. The van der Waals surface area contributed by atoms with E-state index in [1.807, 2.05) is 12.1 Å². The summed E-state index contributed by atoms with van der Waals surface area (Å²) in [6.07, 6.45) is 0.302. The molecule has 0 aliphatic carbocycles. The molecule has 0 saturated carbocycles. The first-order valence-corrected chi connectivity index (χ1v) is 13.5. The molecule has 0 bridgehead atoms. The molecule has 3 aromatic rings. The van der Waals surface area contributed by atoms with Gasteiger partial charge < -0.3 is 19.4 Å². The molecule has 2 aliphatic heterocycles. The number of carbonyl (C=O) groups excluding carboxylic acids is 2. The van der Waals surface area contributed by atoms with Gasteiger partial charge in [0.15, 0.2) is 11.5 Å². The van der Waals surface area contributed by atoms with E-state index in [4.69, 9.17) is 4.52 Å². The van der Waals surface area contributed by atoms with Crippen LogP contribution in [0.4, 0.5) is 5.69 Å². The average molecular weight is 525 g/mol. The number of sulfonamides is 1. The van der Waals surface area contributed by atoms with Crippen molar-refractivity contribution in [1.29, 1.82) is 0 Å². The highest BCUT2D eigenvalue weighted by molar-refractivity contribution is 7.89. The Bertz CT molecular complexity index is 1460. The second kappa shape index (κ2) is 9.64. The number of nitrogens with zero attached hydrogens (tertiary/aromatic N) is 4. The molecule has 0 unspecified atom stereocenters.